The van der Waals surface area contributed by atoms with Crippen molar-refractivity contribution in [3.63, 3.8) is 0 Å². The Bertz CT molecular complexity index is 673. The Balaban J connectivity index is 1.60. The zero-order chi connectivity index (χ0) is 17.6. The first kappa shape index (κ1) is 18.0. The Morgan fingerprint density at radius 2 is 1.72 bits per heavy atom. The van der Waals surface area contributed by atoms with Crippen LogP contribution in [0.15, 0.2) is 30.3 Å². The summed E-state index contributed by atoms with van der Waals surface area (Å²) in [6.07, 6.45) is 9.47. The summed E-state index contributed by atoms with van der Waals surface area (Å²) in [5, 5.41) is 8.37. The van der Waals surface area contributed by atoms with Gasteiger partial charge in [-0.2, -0.15) is 10.2 Å². The highest BCUT2D eigenvalue weighted by atomic mass is 19.1. The highest BCUT2D eigenvalue weighted by molar-refractivity contribution is 5.59. The summed E-state index contributed by atoms with van der Waals surface area (Å²) in [7, 11) is 0. The zero-order valence-electron chi connectivity index (χ0n) is 15.5. The van der Waals surface area contributed by atoms with E-state index in [0.717, 1.165) is 53.6 Å². The first-order valence-electron chi connectivity index (χ1n) is 9.81. The molecule has 2 nitrogen and oxygen atoms in total. The molecular weight excluding hydrogens is 311 g/mol. The summed E-state index contributed by atoms with van der Waals surface area (Å²) >= 11 is 0. The molecule has 0 radical (unpaired) electrons. The Kier molecular flexibility index (Phi) is 6.17. The van der Waals surface area contributed by atoms with Crippen LogP contribution < -0.4 is 0 Å². The molecule has 3 heteroatoms. The largest absolute Gasteiger partial charge is 0.207 e. The van der Waals surface area contributed by atoms with E-state index in [-0.39, 0.29) is 5.82 Å². The van der Waals surface area contributed by atoms with Crippen molar-refractivity contribution in [3.05, 3.63) is 47.4 Å². The van der Waals surface area contributed by atoms with E-state index in [1.807, 2.05) is 31.2 Å². The van der Waals surface area contributed by atoms with E-state index < -0.39 is 0 Å². The van der Waals surface area contributed by atoms with Gasteiger partial charge in [-0.15, -0.1) is 0 Å². The number of aryl methyl sites for hydroxylation is 2. The molecule has 0 atom stereocenters. The highest BCUT2D eigenvalue weighted by Crippen LogP contribution is 2.33. The molecule has 1 aliphatic carbocycles. The van der Waals surface area contributed by atoms with Crippen molar-refractivity contribution in [2.45, 2.75) is 65.2 Å². The Morgan fingerprint density at radius 1 is 0.960 bits per heavy atom. The van der Waals surface area contributed by atoms with E-state index in [1.165, 1.54) is 32.1 Å². The van der Waals surface area contributed by atoms with Gasteiger partial charge >= 0.3 is 0 Å². The van der Waals surface area contributed by atoms with Gasteiger partial charge in [0.05, 0.1) is 11.4 Å². The molecule has 0 N–H and O–H groups in total. The molecule has 0 bridgehead atoms. The summed E-state index contributed by atoms with van der Waals surface area (Å²) in [5.74, 6) is 1.59. The number of hydrogen-bond donors (Lipinski definition) is 0. The van der Waals surface area contributed by atoms with E-state index in [9.17, 15) is 4.39 Å². The first-order valence-corrected chi connectivity index (χ1v) is 9.81. The molecule has 0 aliphatic heterocycles. The van der Waals surface area contributed by atoms with Gasteiger partial charge in [0.1, 0.15) is 5.82 Å². The molecular formula is C22H29FN2. The van der Waals surface area contributed by atoms with E-state index >= 15 is 0 Å². The lowest BCUT2D eigenvalue weighted by Crippen LogP contribution is -2.14. The number of benzene rings is 1. The number of nitrogens with zero attached hydrogens (tertiary/aromatic N) is 2. The van der Waals surface area contributed by atoms with Crippen LogP contribution in [0.3, 0.4) is 0 Å². The van der Waals surface area contributed by atoms with Crippen LogP contribution in [0.5, 0.6) is 0 Å². The average molecular weight is 340 g/mol. The lowest BCUT2D eigenvalue weighted by atomic mass is 9.78. The molecule has 0 amide bonds. The molecule has 2 aromatic rings. The maximum atomic E-state index is 14.5. The Morgan fingerprint density at radius 3 is 2.32 bits per heavy atom. The van der Waals surface area contributed by atoms with E-state index in [2.05, 4.69) is 17.1 Å². The van der Waals surface area contributed by atoms with Crippen molar-refractivity contribution >= 4 is 0 Å². The first-order chi connectivity index (χ1) is 12.2. The van der Waals surface area contributed by atoms with Gasteiger partial charge in [-0.3, -0.25) is 0 Å². The molecule has 1 saturated carbocycles. The fourth-order valence-electron chi connectivity index (χ4n) is 3.90. The lowest BCUT2D eigenvalue weighted by Gasteiger charge is -2.27. The van der Waals surface area contributed by atoms with E-state index in [1.54, 1.807) is 6.07 Å². The number of halogens is 1. The minimum Gasteiger partial charge on any atom is -0.207 e. The molecule has 0 saturated heterocycles. The molecule has 1 aliphatic rings. The molecule has 1 fully saturated rings. The average Bonchev–Trinajstić information content (AvgIpc) is 2.67. The van der Waals surface area contributed by atoms with Gasteiger partial charge in [0.25, 0.3) is 0 Å². The predicted molar refractivity (Wildman–Crippen MR) is 101 cm³/mol. The molecule has 1 aromatic carbocycles. The second-order valence-corrected chi connectivity index (χ2v) is 7.40. The van der Waals surface area contributed by atoms with Gasteiger partial charge in [-0.25, -0.2) is 4.39 Å². The number of rotatable bonds is 6. The van der Waals surface area contributed by atoms with Crippen LogP contribution in [0, 0.1) is 17.7 Å². The van der Waals surface area contributed by atoms with Gasteiger partial charge in [0, 0.05) is 5.56 Å². The fraction of sp³-hybridized carbons (Fsp3) is 0.545. The zero-order valence-corrected chi connectivity index (χ0v) is 15.5. The molecule has 25 heavy (non-hydrogen) atoms. The fourth-order valence-corrected chi connectivity index (χ4v) is 3.90. The third-order valence-corrected chi connectivity index (χ3v) is 5.80. The monoisotopic (exact) mass is 340 g/mol. The standard InChI is InChI=1S/C22H29FN2/c1-3-16-5-7-17(8-6-16)9-10-18-11-12-19(15-21(18)23)22-14-13-20(4-2)24-25-22/h11-17H,3-10H2,1-2H3/t16-,17-. The molecule has 0 spiro atoms. The predicted octanol–water partition coefficient (Wildman–Crippen LogP) is 5.99. The number of aromatic nitrogens is 2. The lowest BCUT2D eigenvalue weighted by molar-refractivity contribution is 0.258. The summed E-state index contributed by atoms with van der Waals surface area (Å²) in [5.41, 5.74) is 3.33. The van der Waals surface area contributed by atoms with Gasteiger partial charge < -0.3 is 0 Å². The topological polar surface area (TPSA) is 25.8 Å². The molecule has 3 rings (SSSR count). The van der Waals surface area contributed by atoms with Crippen molar-refractivity contribution in [3.8, 4) is 11.3 Å². The van der Waals surface area contributed by atoms with E-state index in [4.69, 9.17) is 0 Å². The van der Waals surface area contributed by atoms with Gasteiger partial charge in [0.2, 0.25) is 0 Å². The smallest absolute Gasteiger partial charge is 0.127 e. The van der Waals surface area contributed by atoms with Crippen LogP contribution in [0.25, 0.3) is 11.3 Å². The maximum absolute atomic E-state index is 14.5. The van der Waals surface area contributed by atoms with Crippen molar-refractivity contribution in [2.24, 2.45) is 11.8 Å². The molecule has 1 aromatic heterocycles. The van der Waals surface area contributed by atoms with Crippen LogP contribution in [-0.2, 0) is 12.8 Å². The Hall–Kier alpha value is -1.77. The Labute approximate surface area is 150 Å². The summed E-state index contributed by atoms with van der Waals surface area (Å²) in [6.45, 7) is 4.34. The third kappa shape index (κ3) is 4.65. The molecule has 0 unspecified atom stereocenters. The third-order valence-electron chi connectivity index (χ3n) is 5.80. The summed E-state index contributed by atoms with van der Waals surface area (Å²) in [4.78, 5) is 0. The second-order valence-electron chi connectivity index (χ2n) is 7.40. The minimum absolute atomic E-state index is 0.110. The van der Waals surface area contributed by atoms with Crippen molar-refractivity contribution in [1.29, 1.82) is 0 Å². The van der Waals surface area contributed by atoms with Crippen molar-refractivity contribution < 1.29 is 4.39 Å². The maximum Gasteiger partial charge on any atom is 0.127 e. The molecule has 1 heterocycles. The van der Waals surface area contributed by atoms with Crippen LogP contribution in [0.2, 0.25) is 0 Å². The van der Waals surface area contributed by atoms with E-state index in [0.29, 0.717) is 0 Å². The van der Waals surface area contributed by atoms with Gasteiger partial charge in [-0.05, 0) is 54.9 Å². The molecule has 134 valence electrons. The van der Waals surface area contributed by atoms with Gasteiger partial charge in [0.15, 0.2) is 0 Å². The van der Waals surface area contributed by atoms with Crippen molar-refractivity contribution in [1.82, 2.24) is 10.2 Å². The van der Waals surface area contributed by atoms with Crippen LogP contribution in [-0.4, -0.2) is 10.2 Å². The number of hydrogen-bond acceptors (Lipinski definition) is 2. The van der Waals surface area contributed by atoms with Gasteiger partial charge in [-0.1, -0.05) is 58.1 Å². The normalized spacial score (nSPS) is 20.6. The summed E-state index contributed by atoms with van der Waals surface area (Å²) < 4.78 is 14.5. The van der Waals surface area contributed by atoms with Crippen LogP contribution in [0.1, 0.15) is 63.6 Å². The minimum atomic E-state index is -0.110. The second kappa shape index (κ2) is 8.55. The summed E-state index contributed by atoms with van der Waals surface area (Å²) in [6, 6.07) is 9.39. The van der Waals surface area contributed by atoms with Crippen molar-refractivity contribution in [2.75, 3.05) is 0 Å². The van der Waals surface area contributed by atoms with Crippen LogP contribution in [0.4, 0.5) is 4.39 Å². The van der Waals surface area contributed by atoms with Crippen LogP contribution >= 0.6 is 0 Å². The quantitative estimate of drug-likeness (QED) is 0.645. The SMILES string of the molecule is CCc1ccc(-c2ccc(CC[C@H]3CC[C@H](CC)CC3)c(F)c2)nn1. The highest BCUT2D eigenvalue weighted by Gasteiger charge is 2.20.